The number of rotatable bonds is 3. The van der Waals surface area contributed by atoms with Gasteiger partial charge in [0.2, 0.25) is 5.91 Å². The second-order valence-corrected chi connectivity index (χ2v) is 2.78. The van der Waals surface area contributed by atoms with Gasteiger partial charge in [-0.15, -0.1) is 0 Å². The van der Waals surface area contributed by atoms with Crippen LogP contribution in [0, 0.1) is 22.7 Å². The van der Waals surface area contributed by atoms with Gasteiger partial charge in [-0.1, -0.05) is 0 Å². The Morgan fingerprint density at radius 2 is 2.33 bits per heavy atom. The van der Waals surface area contributed by atoms with Crippen LogP contribution in [0.2, 0.25) is 0 Å². The Balaban J connectivity index is 2.80. The minimum atomic E-state index is -0.119. The summed E-state index contributed by atoms with van der Waals surface area (Å²) in [7, 11) is 1.54. The summed E-state index contributed by atoms with van der Waals surface area (Å²) in [6.07, 6.45) is 1.65. The largest absolute Gasteiger partial charge is 0.359 e. The van der Waals surface area contributed by atoms with Crippen LogP contribution in [0.1, 0.15) is 17.8 Å². The van der Waals surface area contributed by atoms with Crippen molar-refractivity contribution in [2.75, 3.05) is 7.05 Å². The number of aryl methyl sites for hydroxylation is 1. The van der Waals surface area contributed by atoms with Gasteiger partial charge >= 0.3 is 0 Å². The first-order valence-corrected chi connectivity index (χ1v) is 4.28. The smallest absolute Gasteiger partial charge is 0.221 e. The first-order chi connectivity index (χ1) is 7.22. The molecule has 1 N–H and O–H groups in total. The summed E-state index contributed by atoms with van der Waals surface area (Å²) < 4.78 is 1.49. The van der Waals surface area contributed by atoms with Gasteiger partial charge in [0.15, 0.2) is 11.4 Å². The molecule has 0 aliphatic heterocycles. The lowest BCUT2D eigenvalue weighted by atomic mass is 10.3. The van der Waals surface area contributed by atoms with Crippen molar-refractivity contribution in [3.63, 3.8) is 0 Å². The van der Waals surface area contributed by atoms with Crippen molar-refractivity contribution in [1.29, 1.82) is 10.5 Å². The molecule has 76 valence electrons. The number of hydrogen-bond donors (Lipinski definition) is 1. The molecule has 0 unspecified atom stereocenters. The average molecular weight is 203 g/mol. The second kappa shape index (κ2) is 4.77. The van der Waals surface area contributed by atoms with E-state index < -0.39 is 0 Å². The number of carbonyl (C=O) groups excluding carboxylic acids is 1. The minimum Gasteiger partial charge on any atom is -0.359 e. The third kappa shape index (κ3) is 2.32. The Morgan fingerprint density at radius 1 is 1.60 bits per heavy atom. The summed E-state index contributed by atoms with van der Waals surface area (Å²) >= 11 is 0. The molecule has 1 aromatic heterocycles. The number of imidazole rings is 1. The van der Waals surface area contributed by atoms with Gasteiger partial charge in [-0.3, -0.25) is 4.79 Å². The van der Waals surface area contributed by atoms with Crippen molar-refractivity contribution >= 4 is 5.91 Å². The van der Waals surface area contributed by atoms with Crippen LogP contribution in [0.15, 0.2) is 6.33 Å². The summed E-state index contributed by atoms with van der Waals surface area (Å²) in [6, 6.07) is 3.70. The van der Waals surface area contributed by atoms with Gasteiger partial charge < -0.3 is 9.88 Å². The first kappa shape index (κ1) is 10.7. The van der Waals surface area contributed by atoms with Gasteiger partial charge in [0.05, 0.1) is 6.33 Å². The van der Waals surface area contributed by atoms with Gasteiger partial charge in [0, 0.05) is 20.0 Å². The van der Waals surface area contributed by atoms with E-state index in [1.54, 1.807) is 7.05 Å². The zero-order chi connectivity index (χ0) is 11.3. The number of carbonyl (C=O) groups is 1. The van der Waals surface area contributed by atoms with Crippen LogP contribution in [0.5, 0.6) is 0 Å². The average Bonchev–Trinajstić information content (AvgIpc) is 2.67. The highest BCUT2D eigenvalue weighted by Gasteiger charge is 2.10. The monoisotopic (exact) mass is 203 g/mol. The summed E-state index contributed by atoms with van der Waals surface area (Å²) in [5.41, 5.74) is 0.288. The fourth-order valence-corrected chi connectivity index (χ4v) is 1.10. The first-order valence-electron chi connectivity index (χ1n) is 4.28. The van der Waals surface area contributed by atoms with Crippen LogP contribution in [0.25, 0.3) is 0 Å². The maximum absolute atomic E-state index is 11.0. The highest BCUT2D eigenvalue weighted by molar-refractivity contribution is 5.75. The number of amides is 1. The molecule has 0 aliphatic carbocycles. The fourth-order valence-electron chi connectivity index (χ4n) is 1.10. The normalized spacial score (nSPS) is 9.00. The van der Waals surface area contributed by atoms with Crippen LogP contribution in [-0.4, -0.2) is 22.5 Å². The molecule has 15 heavy (non-hydrogen) atoms. The lowest BCUT2D eigenvalue weighted by molar-refractivity contribution is -0.120. The van der Waals surface area contributed by atoms with Gasteiger partial charge in [0.25, 0.3) is 0 Å². The van der Waals surface area contributed by atoms with Crippen molar-refractivity contribution in [3.05, 3.63) is 17.7 Å². The van der Waals surface area contributed by atoms with E-state index >= 15 is 0 Å². The van der Waals surface area contributed by atoms with Gasteiger partial charge in [-0.2, -0.15) is 10.5 Å². The minimum absolute atomic E-state index is 0.0920. The van der Waals surface area contributed by atoms with Crippen molar-refractivity contribution in [2.24, 2.45) is 0 Å². The zero-order valence-electron chi connectivity index (χ0n) is 8.19. The molecule has 0 radical (unpaired) electrons. The van der Waals surface area contributed by atoms with Crippen LogP contribution in [-0.2, 0) is 11.3 Å². The molecular weight excluding hydrogens is 194 g/mol. The number of nitrogens with zero attached hydrogens (tertiary/aromatic N) is 4. The molecule has 0 spiro atoms. The second-order valence-electron chi connectivity index (χ2n) is 2.78. The lowest BCUT2D eigenvalue weighted by Gasteiger charge is -2.02. The van der Waals surface area contributed by atoms with E-state index in [2.05, 4.69) is 10.3 Å². The number of nitrogens with one attached hydrogen (secondary N) is 1. The zero-order valence-corrected chi connectivity index (χ0v) is 8.19. The molecule has 0 aliphatic rings. The van der Waals surface area contributed by atoms with Crippen LogP contribution >= 0.6 is 0 Å². The Morgan fingerprint density at radius 3 is 2.87 bits per heavy atom. The van der Waals surface area contributed by atoms with Crippen molar-refractivity contribution in [2.45, 2.75) is 13.0 Å². The molecule has 0 aromatic carbocycles. The summed E-state index contributed by atoms with van der Waals surface area (Å²) in [4.78, 5) is 14.7. The number of nitriles is 2. The third-order valence-electron chi connectivity index (χ3n) is 1.91. The predicted molar refractivity (Wildman–Crippen MR) is 50.3 cm³/mol. The standard InChI is InChI=1S/C9H9N5O/c1-12-9(15)2-3-14-6-13-7(4-10)8(14)5-11/h6H,2-3H2,1H3,(H,12,15). The maximum atomic E-state index is 11.0. The Bertz CT molecular complexity index is 448. The van der Waals surface area contributed by atoms with Crippen molar-refractivity contribution < 1.29 is 4.79 Å². The highest BCUT2D eigenvalue weighted by atomic mass is 16.1. The summed E-state index contributed by atoms with van der Waals surface area (Å²) in [6.45, 7) is 0.344. The molecule has 1 heterocycles. The molecule has 0 atom stereocenters. The van der Waals surface area contributed by atoms with Crippen LogP contribution in [0.4, 0.5) is 0 Å². The molecule has 0 saturated carbocycles. The molecule has 1 aromatic rings. The van der Waals surface area contributed by atoms with Crippen LogP contribution < -0.4 is 5.32 Å². The van der Waals surface area contributed by atoms with Gasteiger partial charge in [0.1, 0.15) is 12.1 Å². The van der Waals surface area contributed by atoms with Crippen LogP contribution in [0.3, 0.4) is 0 Å². The van der Waals surface area contributed by atoms with E-state index in [-0.39, 0.29) is 23.7 Å². The molecular formula is C9H9N5O. The number of aromatic nitrogens is 2. The topological polar surface area (TPSA) is 94.5 Å². The molecule has 0 fully saturated rings. The molecule has 1 rings (SSSR count). The lowest BCUT2D eigenvalue weighted by Crippen LogP contribution is -2.19. The molecule has 0 bridgehead atoms. The fraction of sp³-hybridized carbons (Fsp3) is 0.333. The van der Waals surface area contributed by atoms with Gasteiger partial charge in [-0.25, -0.2) is 4.98 Å². The van der Waals surface area contributed by atoms with E-state index in [0.29, 0.717) is 6.54 Å². The molecule has 0 saturated heterocycles. The predicted octanol–water partition coefficient (Wildman–Crippen LogP) is -0.237. The van der Waals surface area contributed by atoms with Gasteiger partial charge in [-0.05, 0) is 0 Å². The molecule has 6 nitrogen and oxygen atoms in total. The summed E-state index contributed by atoms with van der Waals surface area (Å²) in [5, 5.41) is 19.9. The number of hydrogen-bond acceptors (Lipinski definition) is 4. The molecule has 6 heteroatoms. The summed E-state index contributed by atoms with van der Waals surface area (Å²) in [5.74, 6) is -0.119. The van der Waals surface area contributed by atoms with Crippen molar-refractivity contribution in [1.82, 2.24) is 14.9 Å². The Hall–Kier alpha value is -2.34. The third-order valence-corrected chi connectivity index (χ3v) is 1.91. The van der Waals surface area contributed by atoms with E-state index in [1.807, 2.05) is 12.1 Å². The van der Waals surface area contributed by atoms with E-state index in [4.69, 9.17) is 10.5 Å². The van der Waals surface area contributed by atoms with E-state index in [0.717, 1.165) is 0 Å². The highest BCUT2D eigenvalue weighted by Crippen LogP contribution is 2.05. The SMILES string of the molecule is CNC(=O)CCn1cnc(C#N)c1C#N. The van der Waals surface area contributed by atoms with Crippen molar-refractivity contribution in [3.8, 4) is 12.1 Å². The Labute approximate surface area is 86.8 Å². The Kier molecular flexibility index (Phi) is 3.42. The molecule has 1 amide bonds. The quantitative estimate of drug-likeness (QED) is 0.733. The van der Waals surface area contributed by atoms with E-state index in [9.17, 15) is 4.79 Å². The van der Waals surface area contributed by atoms with E-state index in [1.165, 1.54) is 10.9 Å². The maximum Gasteiger partial charge on any atom is 0.221 e.